The lowest BCUT2D eigenvalue weighted by Gasteiger charge is -2.10. The number of sulfonamides is 1. The molecule has 0 saturated carbocycles. The van der Waals surface area contributed by atoms with E-state index in [0.717, 1.165) is 4.68 Å². The van der Waals surface area contributed by atoms with Gasteiger partial charge >= 0.3 is 0 Å². The molecule has 0 radical (unpaired) electrons. The molecule has 0 saturated heterocycles. The van der Waals surface area contributed by atoms with Crippen molar-refractivity contribution in [3.63, 3.8) is 0 Å². The number of aromatic nitrogens is 5. The van der Waals surface area contributed by atoms with Crippen molar-refractivity contribution in [3.05, 3.63) is 45.2 Å². The van der Waals surface area contributed by atoms with Crippen LogP contribution >= 0.6 is 23.2 Å². The summed E-state index contributed by atoms with van der Waals surface area (Å²) in [5.41, 5.74) is 7.85. The Labute approximate surface area is 165 Å². The molecule has 3 N–H and O–H groups in total. The van der Waals surface area contributed by atoms with Crippen molar-refractivity contribution in [1.82, 2.24) is 24.7 Å². The van der Waals surface area contributed by atoms with Crippen LogP contribution in [-0.4, -0.2) is 33.2 Å². The van der Waals surface area contributed by atoms with Crippen molar-refractivity contribution < 1.29 is 8.42 Å². The largest absolute Gasteiger partial charge is 0.368 e. The molecule has 2 heterocycles. The van der Waals surface area contributed by atoms with Crippen molar-refractivity contribution in [2.45, 2.75) is 25.9 Å². The lowest BCUT2D eigenvalue weighted by molar-refractivity contribution is 0.591. The number of rotatable bonds is 4. The van der Waals surface area contributed by atoms with Crippen molar-refractivity contribution in [1.29, 1.82) is 0 Å². The van der Waals surface area contributed by atoms with Gasteiger partial charge in [0, 0.05) is 11.4 Å². The second-order valence-electron chi connectivity index (χ2n) is 5.77. The second-order valence-corrected chi connectivity index (χ2v) is 8.14. The van der Waals surface area contributed by atoms with Crippen molar-refractivity contribution in [2.75, 3.05) is 10.5 Å². The highest BCUT2D eigenvalue weighted by Crippen LogP contribution is 2.34. The number of aryl methyl sites for hydroxylation is 3. The number of nitrogens with zero attached hydrogens (tertiary/aromatic N) is 5. The third-order valence-electron chi connectivity index (χ3n) is 3.53. The van der Waals surface area contributed by atoms with E-state index in [9.17, 15) is 8.42 Å². The van der Waals surface area contributed by atoms with Crippen LogP contribution in [0.15, 0.2) is 23.4 Å². The molecule has 0 atom stereocenters. The van der Waals surface area contributed by atoms with Crippen LogP contribution in [-0.2, 0) is 10.0 Å². The predicted molar refractivity (Wildman–Crippen MR) is 103 cm³/mol. The van der Waals surface area contributed by atoms with E-state index in [4.69, 9.17) is 28.9 Å². The van der Waals surface area contributed by atoms with Gasteiger partial charge in [0.25, 0.3) is 21.1 Å². The molecular weight excluding hydrogens is 413 g/mol. The van der Waals surface area contributed by atoms with Crippen LogP contribution < -0.4 is 10.5 Å². The molecule has 0 aliphatic carbocycles. The van der Waals surface area contributed by atoms with Gasteiger partial charge in [0.15, 0.2) is 0 Å². The molecule has 3 aromatic rings. The first-order chi connectivity index (χ1) is 12.6. The molecule has 0 aliphatic heterocycles. The average Bonchev–Trinajstić information content (AvgIpc) is 2.97. The van der Waals surface area contributed by atoms with Crippen molar-refractivity contribution >= 4 is 44.9 Å². The maximum atomic E-state index is 12.7. The number of halogens is 2. The van der Waals surface area contributed by atoms with Crippen LogP contribution in [0.25, 0.3) is 5.95 Å². The maximum absolute atomic E-state index is 12.7. The van der Waals surface area contributed by atoms with E-state index in [1.807, 2.05) is 0 Å². The normalized spacial score (nSPS) is 11.6. The van der Waals surface area contributed by atoms with Crippen LogP contribution in [0.1, 0.15) is 17.0 Å². The number of benzene rings is 1. The Balaban J connectivity index is 2.03. The van der Waals surface area contributed by atoms with Gasteiger partial charge in [0.05, 0.1) is 15.7 Å². The first kappa shape index (κ1) is 19.3. The molecule has 0 fully saturated rings. The molecule has 3 rings (SSSR count). The molecule has 1 aromatic carbocycles. The fraction of sp³-hybridized carbons (Fsp3) is 0.200. The van der Waals surface area contributed by atoms with Crippen molar-refractivity contribution in [3.8, 4) is 5.95 Å². The highest BCUT2D eigenvalue weighted by molar-refractivity contribution is 7.92. The van der Waals surface area contributed by atoms with E-state index < -0.39 is 15.2 Å². The lowest BCUT2D eigenvalue weighted by Crippen LogP contribution is -2.16. The van der Waals surface area contributed by atoms with E-state index in [1.165, 1.54) is 6.07 Å². The summed E-state index contributed by atoms with van der Waals surface area (Å²) >= 11 is 12.2. The van der Waals surface area contributed by atoms with Crippen LogP contribution in [0.4, 0.5) is 11.6 Å². The molecule has 0 spiro atoms. The van der Waals surface area contributed by atoms with Gasteiger partial charge in [-0.3, -0.25) is 4.72 Å². The van der Waals surface area contributed by atoms with Gasteiger partial charge in [-0.15, -0.1) is 5.10 Å². The summed E-state index contributed by atoms with van der Waals surface area (Å²) in [4.78, 5) is 12.2. The third kappa shape index (κ3) is 3.82. The fourth-order valence-electron chi connectivity index (χ4n) is 2.30. The number of anilines is 2. The Morgan fingerprint density at radius 3 is 2.33 bits per heavy atom. The second kappa shape index (κ2) is 6.95. The summed E-state index contributed by atoms with van der Waals surface area (Å²) in [5, 5.41) is 3.69. The summed E-state index contributed by atoms with van der Waals surface area (Å²) in [6.07, 6.45) is 0. The van der Waals surface area contributed by atoms with E-state index in [0.29, 0.717) is 17.0 Å². The van der Waals surface area contributed by atoms with Gasteiger partial charge < -0.3 is 5.73 Å². The molecule has 142 valence electrons. The quantitative estimate of drug-likeness (QED) is 0.654. The summed E-state index contributed by atoms with van der Waals surface area (Å²) in [7, 11) is -4.20. The monoisotopic (exact) mass is 427 g/mol. The molecule has 27 heavy (non-hydrogen) atoms. The summed E-state index contributed by atoms with van der Waals surface area (Å²) in [6.45, 7) is 5.26. The topological polar surface area (TPSA) is 129 Å². The first-order valence-corrected chi connectivity index (χ1v) is 9.85. The van der Waals surface area contributed by atoms with Gasteiger partial charge in [-0.25, -0.2) is 9.97 Å². The van der Waals surface area contributed by atoms with Gasteiger partial charge in [0.2, 0.25) is 5.95 Å². The van der Waals surface area contributed by atoms with E-state index >= 15 is 0 Å². The number of nitrogen functional groups attached to an aromatic ring is 1. The van der Waals surface area contributed by atoms with Gasteiger partial charge in [0.1, 0.15) is 0 Å². The average molecular weight is 428 g/mol. The van der Waals surface area contributed by atoms with E-state index in [1.54, 1.807) is 32.9 Å². The molecular formula is C15H15Cl2N7O2S. The van der Waals surface area contributed by atoms with Crippen LogP contribution in [0.5, 0.6) is 0 Å². The van der Waals surface area contributed by atoms with Crippen molar-refractivity contribution in [2.24, 2.45) is 0 Å². The fourth-order valence-corrected chi connectivity index (χ4v) is 3.85. The van der Waals surface area contributed by atoms with Crippen LogP contribution in [0.3, 0.4) is 0 Å². The van der Waals surface area contributed by atoms with Crippen LogP contribution in [0.2, 0.25) is 10.0 Å². The van der Waals surface area contributed by atoms with E-state index in [2.05, 4.69) is 24.8 Å². The molecule has 9 nitrogen and oxygen atoms in total. The predicted octanol–water partition coefficient (Wildman–Crippen LogP) is 2.67. The number of nitrogens with two attached hydrogens (primary N) is 1. The van der Waals surface area contributed by atoms with Gasteiger partial charge in [-0.2, -0.15) is 18.1 Å². The third-order valence-corrected chi connectivity index (χ3v) is 5.46. The first-order valence-electron chi connectivity index (χ1n) is 7.61. The summed E-state index contributed by atoms with van der Waals surface area (Å²) in [5.74, 6) is -0.0626. The maximum Gasteiger partial charge on any atom is 0.299 e. The number of nitrogens with one attached hydrogen (secondary N) is 1. The highest BCUT2D eigenvalue weighted by Gasteiger charge is 2.25. The molecule has 0 bridgehead atoms. The standard InChI is InChI=1S/C15H15Cl2N7O2S/c1-7-4-5-10(16)12(11(7)17)23-27(25,26)15-21-13(18)24(22-15)14-19-8(2)6-9(3)20-14/h4-6,23H,1-3H3,(H2,18,21,22). The van der Waals surface area contributed by atoms with Gasteiger partial charge in [-0.1, -0.05) is 29.3 Å². The molecule has 0 unspecified atom stereocenters. The SMILES string of the molecule is Cc1cc(C)nc(-n2nc(S(=O)(=O)Nc3c(Cl)ccc(C)c3Cl)nc2N)n1. The van der Waals surface area contributed by atoms with Crippen LogP contribution in [0, 0.1) is 20.8 Å². The van der Waals surface area contributed by atoms with E-state index in [-0.39, 0.29) is 27.6 Å². The highest BCUT2D eigenvalue weighted by atomic mass is 35.5. The minimum Gasteiger partial charge on any atom is -0.368 e. The Morgan fingerprint density at radius 1 is 1.07 bits per heavy atom. The lowest BCUT2D eigenvalue weighted by atomic mass is 10.2. The zero-order chi connectivity index (χ0) is 19.9. The number of hydrogen-bond donors (Lipinski definition) is 2. The zero-order valence-electron chi connectivity index (χ0n) is 14.5. The Kier molecular flexibility index (Phi) is 4.98. The summed E-state index contributed by atoms with van der Waals surface area (Å²) < 4.78 is 28.7. The molecule has 0 amide bonds. The summed E-state index contributed by atoms with van der Waals surface area (Å²) in [6, 6.07) is 4.97. The molecule has 2 aromatic heterocycles. The smallest absolute Gasteiger partial charge is 0.299 e. The van der Waals surface area contributed by atoms with Gasteiger partial charge in [-0.05, 0) is 38.5 Å². The molecule has 12 heteroatoms. The Hall–Kier alpha value is -2.43. The Bertz CT molecular complexity index is 1130. The Morgan fingerprint density at radius 2 is 1.70 bits per heavy atom. The minimum atomic E-state index is -4.20. The zero-order valence-corrected chi connectivity index (χ0v) is 16.9. The minimum absolute atomic E-state index is 0.0379. The molecule has 0 aliphatic rings. The number of hydrogen-bond acceptors (Lipinski definition) is 7.